The standard InChI is InChI=1S/C21H19N3S/c1-15-24-19(14-25-15)12-6-8-16-7-5-11-18(13-16)21(23)20(22)17-9-3-2-4-10-17/h2-11,13-14,22-23H,12H2,1H3/b8-6+,22-20?,23-21?. The van der Waals surface area contributed by atoms with Crippen LogP contribution in [-0.2, 0) is 6.42 Å². The van der Waals surface area contributed by atoms with E-state index in [0.717, 1.165) is 33.8 Å². The molecule has 124 valence electrons. The van der Waals surface area contributed by atoms with Gasteiger partial charge in [-0.3, -0.25) is 10.8 Å². The molecule has 0 fully saturated rings. The molecular weight excluding hydrogens is 326 g/mol. The number of thiazole rings is 1. The molecular formula is C21H19N3S. The van der Waals surface area contributed by atoms with Gasteiger partial charge in [-0.05, 0) is 18.6 Å². The first-order chi connectivity index (χ1) is 12.1. The van der Waals surface area contributed by atoms with Gasteiger partial charge in [0.1, 0.15) is 0 Å². The van der Waals surface area contributed by atoms with Gasteiger partial charge in [-0.25, -0.2) is 4.98 Å². The van der Waals surface area contributed by atoms with Crippen molar-refractivity contribution < 1.29 is 0 Å². The topological polar surface area (TPSA) is 60.6 Å². The Labute approximate surface area is 151 Å². The second kappa shape index (κ2) is 7.81. The van der Waals surface area contributed by atoms with E-state index in [-0.39, 0.29) is 11.4 Å². The lowest BCUT2D eigenvalue weighted by Gasteiger charge is -2.07. The first-order valence-electron chi connectivity index (χ1n) is 8.04. The molecule has 0 amide bonds. The van der Waals surface area contributed by atoms with Crippen molar-refractivity contribution in [2.24, 2.45) is 0 Å². The van der Waals surface area contributed by atoms with E-state index in [1.165, 1.54) is 0 Å². The molecule has 1 aromatic heterocycles. The molecule has 0 saturated carbocycles. The summed E-state index contributed by atoms with van der Waals surface area (Å²) in [7, 11) is 0. The van der Waals surface area contributed by atoms with E-state index < -0.39 is 0 Å². The molecule has 2 aromatic carbocycles. The number of aryl methyl sites for hydroxylation is 1. The summed E-state index contributed by atoms with van der Waals surface area (Å²) in [5, 5.41) is 19.7. The number of benzene rings is 2. The number of aromatic nitrogens is 1. The lowest BCUT2D eigenvalue weighted by atomic mass is 9.98. The van der Waals surface area contributed by atoms with Gasteiger partial charge in [0.2, 0.25) is 0 Å². The van der Waals surface area contributed by atoms with Crippen LogP contribution in [0.15, 0.2) is 66.1 Å². The van der Waals surface area contributed by atoms with E-state index in [4.69, 9.17) is 10.8 Å². The van der Waals surface area contributed by atoms with E-state index in [9.17, 15) is 0 Å². The Balaban J connectivity index is 1.72. The highest BCUT2D eigenvalue weighted by Crippen LogP contribution is 2.13. The third kappa shape index (κ3) is 4.37. The quantitative estimate of drug-likeness (QED) is 0.597. The van der Waals surface area contributed by atoms with Crippen LogP contribution in [0.2, 0.25) is 0 Å². The Kier molecular flexibility index (Phi) is 5.31. The van der Waals surface area contributed by atoms with E-state index >= 15 is 0 Å². The summed E-state index contributed by atoms with van der Waals surface area (Å²) in [6, 6.07) is 17.2. The van der Waals surface area contributed by atoms with Gasteiger partial charge < -0.3 is 0 Å². The number of nitrogens with one attached hydrogen (secondary N) is 2. The van der Waals surface area contributed by atoms with Gasteiger partial charge in [-0.1, -0.05) is 60.7 Å². The van der Waals surface area contributed by atoms with Gasteiger partial charge >= 0.3 is 0 Å². The minimum Gasteiger partial charge on any atom is -0.298 e. The van der Waals surface area contributed by atoms with Gasteiger partial charge in [0.05, 0.1) is 22.1 Å². The normalized spacial score (nSPS) is 10.9. The summed E-state index contributed by atoms with van der Waals surface area (Å²) in [5.74, 6) is 0. The molecule has 0 atom stereocenters. The Morgan fingerprint density at radius 1 is 1.00 bits per heavy atom. The fourth-order valence-electron chi connectivity index (χ4n) is 2.51. The molecule has 3 rings (SSSR count). The third-order valence-corrected chi connectivity index (χ3v) is 4.61. The molecule has 0 saturated heterocycles. The van der Waals surface area contributed by atoms with Crippen molar-refractivity contribution in [3.05, 3.63) is 93.4 Å². The van der Waals surface area contributed by atoms with Crippen molar-refractivity contribution in [2.75, 3.05) is 0 Å². The van der Waals surface area contributed by atoms with Crippen LogP contribution in [0.4, 0.5) is 0 Å². The molecule has 0 aliphatic heterocycles. The van der Waals surface area contributed by atoms with Crippen molar-refractivity contribution in [1.82, 2.24) is 4.98 Å². The minimum absolute atomic E-state index is 0.233. The van der Waals surface area contributed by atoms with Crippen molar-refractivity contribution >= 4 is 28.8 Å². The molecule has 0 radical (unpaired) electrons. The number of hydrogen-bond acceptors (Lipinski definition) is 4. The molecule has 0 unspecified atom stereocenters. The maximum absolute atomic E-state index is 8.33. The van der Waals surface area contributed by atoms with Crippen LogP contribution in [0.1, 0.15) is 27.4 Å². The van der Waals surface area contributed by atoms with Crippen LogP contribution in [-0.4, -0.2) is 16.4 Å². The minimum atomic E-state index is 0.233. The SMILES string of the molecule is Cc1nc(C/C=C/c2cccc(C(=N)C(=N)c3ccccc3)c2)cs1. The Morgan fingerprint density at radius 3 is 2.44 bits per heavy atom. The van der Waals surface area contributed by atoms with Crippen molar-refractivity contribution in [3.63, 3.8) is 0 Å². The highest BCUT2D eigenvalue weighted by molar-refractivity contribution is 7.09. The van der Waals surface area contributed by atoms with Crippen LogP contribution in [0, 0.1) is 17.7 Å². The first-order valence-corrected chi connectivity index (χ1v) is 8.92. The summed E-state index contributed by atoms with van der Waals surface area (Å²) in [5.41, 5.74) is 4.08. The zero-order chi connectivity index (χ0) is 17.6. The second-order valence-electron chi connectivity index (χ2n) is 5.71. The Morgan fingerprint density at radius 2 is 1.72 bits per heavy atom. The van der Waals surface area contributed by atoms with Crippen molar-refractivity contribution in [1.29, 1.82) is 10.8 Å². The largest absolute Gasteiger partial charge is 0.298 e. The maximum atomic E-state index is 8.33. The Hall–Kier alpha value is -2.85. The average Bonchev–Trinajstić information content (AvgIpc) is 3.06. The molecule has 0 spiro atoms. The molecule has 3 aromatic rings. The summed E-state index contributed by atoms with van der Waals surface area (Å²) < 4.78 is 0. The molecule has 3 nitrogen and oxygen atoms in total. The molecule has 0 aliphatic rings. The van der Waals surface area contributed by atoms with Crippen molar-refractivity contribution in [2.45, 2.75) is 13.3 Å². The average molecular weight is 345 g/mol. The van der Waals surface area contributed by atoms with Gasteiger partial charge in [-0.2, -0.15) is 0 Å². The highest BCUT2D eigenvalue weighted by Gasteiger charge is 2.10. The molecule has 4 heteroatoms. The molecule has 0 aliphatic carbocycles. The monoisotopic (exact) mass is 345 g/mol. The number of nitrogens with zero attached hydrogens (tertiary/aromatic N) is 1. The third-order valence-electron chi connectivity index (χ3n) is 3.79. The summed E-state index contributed by atoms with van der Waals surface area (Å²) in [4.78, 5) is 4.45. The van der Waals surface area contributed by atoms with Crippen LogP contribution < -0.4 is 0 Å². The number of rotatable bonds is 6. The number of allylic oxidation sites excluding steroid dienone is 1. The first kappa shape index (κ1) is 17.0. The molecule has 25 heavy (non-hydrogen) atoms. The van der Waals surface area contributed by atoms with Crippen molar-refractivity contribution in [3.8, 4) is 0 Å². The fraction of sp³-hybridized carbons (Fsp3) is 0.0952. The van der Waals surface area contributed by atoms with E-state index in [2.05, 4.69) is 16.4 Å². The van der Waals surface area contributed by atoms with Crippen LogP contribution >= 0.6 is 11.3 Å². The Bertz CT molecular complexity index is 923. The van der Waals surface area contributed by atoms with Crippen LogP contribution in [0.25, 0.3) is 6.08 Å². The predicted octanol–water partition coefficient (Wildman–Crippen LogP) is 5.14. The van der Waals surface area contributed by atoms with E-state index in [0.29, 0.717) is 0 Å². The smallest absolute Gasteiger partial charge is 0.0897 e. The summed E-state index contributed by atoms with van der Waals surface area (Å²) in [6.45, 7) is 2.01. The zero-order valence-corrected chi connectivity index (χ0v) is 14.8. The number of hydrogen-bond donors (Lipinski definition) is 2. The van der Waals surface area contributed by atoms with Gasteiger partial charge in [-0.15, -0.1) is 11.3 Å². The van der Waals surface area contributed by atoms with Crippen LogP contribution in [0.3, 0.4) is 0 Å². The van der Waals surface area contributed by atoms with E-state index in [1.807, 2.05) is 67.6 Å². The highest BCUT2D eigenvalue weighted by atomic mass is 32.1. The van der Waals surface area contributed by atoms with Gasteiger partial charge in [0, 0.05) is 22.9 Å². The van der Waals surface area contributed by atoms with Gasteiger partial charge in [0.15, 0.2) is 0 Å². The molecule has 1 heterocycles. The zero-order valence-electron chi connectivity index (χ0n) is 14.0. The van der Waals surface area contributed by atoms with Crippen LogP contribution in [0.5, 0.6) is 0 Å². The predicted molar refractivity (Wildman–Crippen MR) is 106 cm³/mol. The summed E-state index contributed by atoms with van der Waals surface area (Å²) in [6.07, 6.45) is 4.92. The van der Waals surface area contributed by atoms with Gasteiger partial charge in [0.25, 0.3) is 0 Å². The lowest BCUT2D eigenvalue weighted by Crippen LogP contribution is -2.14. The maximum Gasteiger partial charge on any atom is 0.0897 e. The van der Waals surface area contributed by atoms with E-state index in [1.54, 1.807) is 11.3 Å². The lowest BCUT2D eigenvalue weighted by molar-refractivity contribution is 1.12. The fourth-order valence-corrected chi connectivity index (χ4v) is 3.13. The summed E-state index contributed by atoms with van der Waals surface area (Å²) >= 11 is 1.66. The molecule has 2 N–H and O–H groups in total. The molecule has 0 bridgehead atoms. The second-order valence-corrected chi connectivity index (χ2v) is 6.77.